The summed E-state index contributed by atoms with van der Waals surface area (Å²) < 4.78 is 29.2. The van der Waals surface area contributed by atoms with Gasteiger partial charge in [-0.25, -0.2) is 0 Å². The van der Waals surface area contributed by atoms with Gasteiger partial charge in [0.1, 0.15) is 0 Å². The van der Waals surface area contributed by atoms with Crippen LogP contribution in [0.25, 0.3) is 0 Å². The van der Waals surface area contributed by atoms with Crippen LogP contribution in [-0.4, -0.2) is 55.8 Å². The topological polar surface area (TPSA) is 52.7 Å². The van der Waals surface area contributed by atoms with Crippen LogP contribution in [0.4, 0.5) is 0 Å². The molecule has 0 saturated carbocycles. The average molecular weight is 303 g/mol. The number of nitrogens with one attached hydrogen (secondary N) is 1. The molecule has 6 heteroatoms. The van der Waals surface area contributed by atoms with E-state index in [1.54, 1.807) is 8.61 Å². The Bertz CT molecular complexity index is 395. The van der Waals surface area contributed by atoms with E-state index >= 15 is 0 Å². The molecule has 2 rings (SSSR count). The monoisotopic (exact) mass is 303 g/mol. The third-order valence-electron chi connectivity index (χ3n) is 4.77. The van der Waals surface area contributed by atoms with Gasteiger partial charge in [-0.05, 0) is 59.0 Å². The first-order valence-electron chi connectivity index (χ1n) is 7.90. The maximum atomic E-state index is 12.9. The minimum atomic E-state index is -3.28. The lowest BCUT2D eigenvalue weighted by atomic mass is 9.98. The fourth-order valence-corrected chi connectivity index (χ4v) is 5.68. The van der Waals surface area contributed by atoms with Gasteiger partial charge < -0.3 is 5.32 Å². The van der Waals surface area contributed by atoms with Crippen LogP contribution in [0.1, 0.15) is 46.0 Å². The smallest absolute Gasteiger partial charge is 0.282 e. The molecule has 0 spiro atoms. The molecule has 0 bridgehead atoms. The lowest BCUT2D eigenvalue weighted by Crippen LogP contribution is -2.55. The van der Waals surface area contributed by atoms with Gasteiger partial charge in [0.25, 0.3) is 10.2 Å². The predicted molar refractivity (Wildman–Crippen MR) is 81.8 cm³/mol. The molecule has 5 nitrogen and oxygen atoms in total. The summed E-state index contributed by atoms with van der Waals surface area (Å²) in [6.45, 7) is 6.42. The Morgan fingerprint density at radius 3 is 2.10 bits per heavy atom. The fraction of sp³-hybridized carbons (Fsp3) is 1.00. The fourth-order valence-electron chi connectivity index (χ4n) is 3.62. The number of piperidine rings is 2. The van der Waals surface area contributed by atoms with Crippen molar-refractivity contribution >= 4 is 10.2 Å². The van der Waals surface area contributed by atoms with Gasteiger partial charge in [0.15, 0.2) is 0 Å². The Balaban J connectivity index is 2.03. The summed E-state index contributed by atoms with van der Waals surface area (Å²) in [7, 11) is -1.32. The highest BCUT2D eigenvalue weighted by molar-refractivity contribution is 7.86. The summed E-state index contributed by atoms with van der Waals surface area (Å²) >= 11 is 0. The normalized spacial score (nSPS) is 31.6. The number of hydrogen-bond donors (Lipinski definition) is 1. The average Bonchev–Trinajstić information content (AvgIpc) is 2.39. The first-order chi connectivity index (χ1) is 9.46. The second-order valence-corrected chi connectivity index (χ2v) is 8.20. The van der Waals surface area contributed by atoms with Crippen molar-refractivity contribution in [1.29, 1.82) is 0 Å². The van der Waals surface area contributed by atoms with E-state index < -0.39 is 10.2 Å². The molecule has 2 unspecified atom stereocenters. The first-order valence-corrected chi connectivity index (χ1v) is 9.29. The minimum Gasteiger partial charge on any atom is -0.319 e. The molecule has 2 saturated heterocycles. The van der Waals surface area contributed by atoms with Crippen LogP contribution in [0.2, 0.25) is 0 Å². The first kappa shape index (κ1) is 16.2. The highest BCUT2D eigenvalue weighted by Crippen LogP contribution is 2.29. The van der Waals surface area contributed by atoms with Crippen LogP contribution in [0, 0.1) is 5.92 Å². The van der Waals surface area contributed by atoms with E-state index in [2.05, 4.69) is 5.32 Å². The Labute approximate surface area is 123 Å². The number of rotatable bonds is 4. The van der Waals surface area contributed by atoms with Gasteiger partial charge in [-0.2, -0.15) is 17.0 Å². The number of hydrogen-bond acceptors (Lipinski definition) is 3. The highest BCUT2D eigenvalue weighted by Gasteiger charge is 2.39. The standard InChI is InChI=1S/C14H29N3O2S/c1-12-5-4-6-13(2)17(12)20(18,19)16-9-7-14(8-10-16)11-15-3/h12-15H,4-11H2,1-3H3. The maximum absolute atomic E-state index is 12.9. The van der Waals surface area contributed by atoms with Crippen molar-refractivity contribution in [3.8, 4) is 0 Å². The molecule has 2 aliphatic rings. The molecule has 2 fully saturated rings. The van der Waals surface area contributed by atoms with E-state index in [1.165, 1.54) is 0 Å². The second kappa shape index (κ2) is 6.73. The van der Waals surface area contributed by atoms with E-state index in [-0.39, 0.29) is 12.1 Å². The zero-order valence-electron chi connectivity index (χ0n) is 13.0. The molecule has 0 amide bonds. The van der Waals surface area contributed by atoms with Crippen molar-refractivity contribution in [3.63, 3.8) is 0 Å². The van der Waals surface area contributed by atoms with Crippen molar-refractivity contribution in [3.05, 3.63) is 0 Å². The van der Waals surface area contributed by atoms with Crippen molar-refractivity contribution < 1.29 is 8.42 Å². The molecule has 118 valence electrons. The van der Waals surface area contributed by atoms with Crippen molar-refractivity contribution in [2.75, 3.05) is 26.7 Å². The predicted octanol–water partition coefficient (Wildman–Crippen LogP) is 1.43. The van der Waals surface area contributed by atoms with Crippen LogP contribution in [-0.2, 0) is 10.2 Å². The molecule has 0 aliphatic carbocycles. The molecule has 1 N–H and O–H groups in total. The van der Waals surface area contributed by atoms with Crippen molar-refractivity contribution in [2.24, 2.45) is 5.92 Å². The van der Waals surface area contributed by atoms with Crippen molar-refractivity contribution in [2.45, 2.75) is 58.0 Å². The van der Waals surface area contributed by atoms with Gasteiger partial charge in [0.2, 0.25) is 0 Å². The lowest BCUT2D eigenvalue weighted by molar-refractivity contribution is 0.177. The Morgan fingerprint density at radius 1 is 1.05 bits per heavy atom. The molecule has 0 aromatic carbocycles. The van der Waals surface area contributed by atoms with E-state index in [0.29, 0.717) is 19.0 Å². The molecule has 20 heavy (non-hydrogen) atoms. The largest absolute Gasteiger partial charge is 0.319 e. The summed E-state index contributed by atoms with van der Waals surface area (Å²) in [5, 5.41) is 3.19. The van der Waals surface area contributed by atoms with Gasteiger partial charge in [0.05, 0.1) is 0 Å². The Kier molecular flexibility index (Phi) is 5.45. The summed E-state index contributed by atoms with van der Waals surface area (Å²) in [6, 6.07) is 0.276. The zero-order chi connectivity index (χ0) is 14.8. The van der Waals surface area contributed by atoms with Gasteiger partial charge in [0, 0.05) is 25.2 Å². The van der Waals surface area contributed by atoms with Crippen LogP contribution >= 0.6 is 0 Å². The molecule has 0 aromatic rings. The molecular weight excluding hydrogens is 274 g/mol. The minimum absolute atomic E-state index is 0.138. The van der Waals surface area contributed by atoms with Crippen LogP contribution in [0.5, 0.6) is 0 Å². The van der Waals surface area contributed by atoms with E-state index in [1.807, 2.05) is 20.9 Å². The molecule has 0 radical (unpaired) electrons. The second-order valence-electron chi connectivity index (χ2n) is 6.37. The quantitative estimate of drug-likeness (QED) is 0.855. The summed E-state index contributed by atoms with van der Waals surface area (Å²) in [5.74, 6) is 0.614. The van der Waals surface area contributed by atoms with Crippen molar-refractivity contribution in [1.82, 2.24) is 13.9 Å². The third kappa shape index (κ3) is 3.35. The van der Waals surface area contributed by atoms with E-state index in [0.717, 1.165) is 38.6 Å². The summed E-state index contributed by atoms with van der Waals surface area (Å²) in [6.07, 6.45) is 5.05. The molecule has 2 aliphatic heterocycles. The van der Waals surface area contributed by atoms with E-state index in [4.69, 9.17) is 0 Å². The van der Waals surface area contributed by atoms with Gasteiger partial charge in [-0.1, -0.05) is 6.42 Å². The Morgan fingerprint density at radius 2 is 1.60 bits per heavy atom. The van der Waals surface area contributed by atoms with Crippen LogP contribution in [0.3, 0.4) is 0 Å². The molecular formula is C14H29N3O2S. The summed E-state index contributed by atoms with van der Waals surface area (Å²) in [5.41, 5.74) is 0. The molecule has 2 atom stereocenters. The Hall–Kier alpha value is -0.170. The van der Waals surface area contributed by atoms with E-state index in [9.17, 15) is 8.42 Å². The van der Waals surface area contributed by atoms with Gasteiger partial charge in [-0.15, -0.1) is 0 Å². The zero-order valence-corrected chi connectivity index (χ0v) is 13.8. The molecule has 2 heterocycles. The highest BCUT2D eigenvalue weighted by atomic mass is 32.2. The SMILES string of the molecule is CNCC1CCN(S(=O)(=O)N2C(C)CCCC2C)CC1. The summed E-state index contributed by atoms with van der Waals surface area (Å²) in [4.78, 5) is 0. The lowest BCUT2D eigenvalue weighted by Gasteiger charge is -2.42. The molecule has 0 aromatic heterocycles. The van der Waals surface area contributed by atoms with Gasteiger partial charge >= 0.3 is 0 Å². The van der Waals surface area contributed by atoms with Crippen LogP contribution < -0.4 is 5.32 Å². The van der Waals surface area contributed by atoms with Crippen LogP contribution in [0.15, 0.2) is 0 Å². The third-order valence-corrected chi connectivity index (χ3v) is 7.04. The van der Waals surface area contributed by atoms with Gasteiger partial charge in [-0.3, -0.25) is 0 Å². The number of nitrogens with zero attached hydrogens (tertiary/aromatic N) is 2. The maximum Gasteiger partial charge on any atom is 0.282 e.